The van der Waals surface area contributed by atoms with E-state index in [4.69, 9.17) is 23.2 Å². The van der Waals surface area contributed by atoms with Crippen LogP contribution >= 0.6 is 23.2 Å². The summed E-state index contributed by atoms with van der Waals surface area (Å²) in [7, 11) is -4.18. The highest BCUT2D eigenvalue weighted by Gasteiger charge is 2.31. The van der Waals surface area contributed by atoms with Gasteiger partial charge in [0.1, 0.15) is 0 Å². The second-order valence-electron chi connectivity index (χ2n) is 11.1. The number of carboxylic acids is 1. The van der Waals surface area contributed by atoms with Gasteiger partial charge in [0, 0.05) is 12.0 Å². The first-order valence-electron chi connectivity index (χ1n) is 14.1. The Morgan fingerprint density at radius 1 is 0.848 bits per heavy atom. The smallest absolute Gasteiger partial charge is 0.416 e. The predicted molar refractivity (Wildman–Crippen MR) is 172 cm³/mol. The maximum atomic E-state index is 13.9. The molecule has 1 N–H and O–H groups in total. The fourth-order valence-electron chi connectivity index (χ4n) is 4.81. The van der Waals surface area contributed by atoms with Gasteiger partial charge in [0.15, 0.2) is 5.78 Å². The number of ketones is 1. The maximum absolute atomic E-state index is 13.9. The molecule has 0 radical (unpaired) electrons. The van der Waals surface area contributed by atoms with E-state index in [1.807, 2.05) is 38.1 Å². The molecule has 4 aromatic carbocycles. The van der Waals surface area contributed by atoms with E-state index in [0.29, 0.717) is 5.56 Å². The summed E-state index contributed by atoms with van der Waals surface area (Å²) in [5.41, 5.74) is 1.36. The molecule has 1 unspecified atom stereocenters. The van der Waals surface area contributed by atoms with Crippen molar-refractivity contribution >= 4 is 50.7 Å². The molecule has 4 aromatic rings. The molecule has 0 aliphatic heterocycles. The Morgan fingerprint density at radius 2 is 1.50 bits per heavy atom. The van der Waals surface area contributed by atoms with Crippen molar-refractivity contribution in [3.8, 4) is 0 Å². The van der Waals surface area contributed by atoms with E-state index < -0.39 is 45.9 Å². The van der Waals surface area contributed by atoms with E-state index in [-0.39, 0.29) is 50.6 Å². The van der Waals surface area contributed by atoms with E-state index in [1.54, 1.807) is 0 Å². The molecule has 0 saturated heterocycles. The van der Waals surface area contributed by atoms with Crippen LogP contribution in [0.1, 0.15) is 58.8 Å². The van der Waals surface area contributed by atoms with Crippen molar-refractivity contribution in [2.45, 2.75) is 50.2 Å². The van der Waals surface area contributed by atoms with E-state index in [2.05, 4.69) is 0 Å². The number of sulfonamides is 1. The van der Waals surface area contributed by atoms with Crippen LogP contribution in [0.4, 0.5) is 18.9 Å². The number of benzene rings is 4. The van der Waals surface area contributed by atoms with Crippen LogP contribution in [0.2, 0.25) is 10.0 Å². The molecule has 6 nitrogen and oxygen atoms in total. The summed E-state index contributed by atoms with van der Waals surface area (Å²) >= 11 is 12.1. The normalized spacial score (nSPS) is 12.6. The van der Waals surface area contributed by atoms with Gasteiger partial charge in [-0.25, -0.2) is 8.42 Å². The average molecular weight is 693 g/mol. The number of hydrogen-bond donors (Lipinski definition) is 1. The number of nitrogens with zero attached hydrogens (tertiary/aromatic N) is 1. The van der Waals surface area contributed by atoms with Crippen molar-refractivity contribution in [3.63, 3.8) is 0 Å². The van der Waals surface area contributed by atoms with Gasteiger partial charge in [-0.15, -0.1) is 0 Å². The molecule has 0 bridgehead atoms. The van der Waals surface area contributed by atoms with Gasteiger partial charge in [-0.3, -0.25) is 13.9 Å². The number of hydrogen-bond acceptors (Lipinski definition) is 4. The second kappa shape index (κ2) is 14.3. The van der Waals surface area contributed by atoms with Crippen LogP contribution in [0.3, 0.4) is 0 Å². The van der Waals surface area contributed by atoms with Crippen LogP contribution in [0.15, 0.2) is 95.9 Å². The quantitative estimate of drug-likeness (QED) is 0.150. The lowest BCUT2D eigenvalue weighted by atomic mass is 9.91. The summed E-state index contributed by atoms with van der Waals surface area (Å²) in [6.07, 6.45) is -5.35. The molecule has 0 amide bonds. The number of anilines is 1. The van der Waals surface area contributed by atoms with Gasteiger partial charge in [-0.05, 0) is 77.6 Å². The zero-order valence-corrected chi connectivity index (χ0v) is 27.1. The summed E-state index contributed by atoms with van der Waals surface area (Å²) in [6, 6.07) is 21.5. The first kappa shape index (κ1) is 35.0. The van der Waals surface area contributed by atoms with Crippen molar-refractivity contribution in [2.75, 3.05) is 4.31 Å². The highest BCUT2D eigenvalue weighted by Crippen LogP contribution is 2.32. The Kier molecular flexibility index (Phi) is 10.9. The number of carboxylic acid groups (broad SMARTS) is 1. The third-order valence-corrected chi connectivity index (χ3v) is 9.96. The summed E-state index contributed by atoms with van der Waals surface area (Å²) in [5.74, 6) is -2.89. The molecular weight excluding hydrogens is 662 g/mol. The molecule has 242 valence electrons. The highest BCUT2D eigenvalue weighted by molar-refractivity contribution is 7.92. The number of carbonyl (C=O) groups is 2. The molecular formula is C34H30Cl2F3NO5S. The SMILES string of the molecule is CC(C)c1ccc(CN(c2ccc(C(=O)CC(Cc3cccc(C(F)(F)F)c3)C(=O)O)cc2)S(=O)(=O)c2ccc(Cl)c(Cl)c2)cc1. The molecule has 46 heavy (non-hydrogen) atoms. The molecule has 0 aliphatic rings. The fraction of sp³-hybridized carbons (Fsp3) is 0.235. The van der Waals surface area contributed by atoms with Crippen LogP contribution in [-0.4, -0.2) is 25.3 Å². The Balaban J connectivity index is 1.61. The zero-order chi connectivity index (χ0) is 33.8. The lowest BCUT2D eigenvalue weighted by molar-refractivity contribution is -0.141. The van der Waals surface area contributed by atoms with Crippen molar-refractivity contribution in [1.82, 2.24) is 0 Å². The topological polar surface area (TPSA) is 91.8 Å². The summed E-state index contributed by atoms with van der Waals surface area (Å²) < 4.78 is 68.4. The van der Waals surface area contributed by atoms with Gasteiger partial charge in [0.05, 0.1) is 38.7 Å². The van der Waals surface area contributed by atoms with Gasteiger partial charge in [-0.1, -0.05) is 79.5 Å². The molecule has 0 aromatic heterocycles. The van der Waals surface area contributed by atoms with E-state index in [0.717, 1.165) is 17.7 Å². The Labute approximate surface area is 275 Å². The monoisotopic (exact) mass is 691 g/mol. The Hall–Kier alpha value is -3.86. The molecule has 0 heterocycles. The van der Waals surface area contributed by atoms with Gasteiger partial charge >= 0.3 is 12.1 Å². The van der Waals surface area contributed by atoms with E-state index in [1.165, 1.54) is 58.9 Å². The van der Waals surface area contributed by atoms with Gasteiger partial charge in [0.25, 0.3) is 10.0 Å². The van der Waals surface area contributed by atoms with E-state index in [9.17, 15) is 36.3 Å². The van der Waals surface area contributed by atoms with Crippen molar-refractivity contribution in [2.24, 2.45) is 5.92 Å². The number of halogens is 5. The molecule has 4 rings (SSSR count). The lowest BCUT2D eigenvalue weighted by Gasteiger charge is -2.25. The summed E-state index contributed by atoms with van der Waals surface area (Å²) in [6.45, 7) is 4.04. The number of aliphatic carboxylic acids is 1. The standard InChI is InChI=1S/C34H30Cl2F3NO5S/c1-21(2)24-8-6-22(7-9-24)20-40(46(44,45)29-14-15-30(35)31(36)19-29)28-12-10-25(11-13-28)32(41)18-26(33(42)43)16-23-4-3-5-27(17-23)34(37,38)39/h3-15,17,19,21,26H,16,18,20H2,1-2H3,(H,42,43). The second-order valence-corrected chi connectivity index (χ2v) is 13.8. The minimum atomic E-state index is -4.59. The van der Waals surface area contributed by atoms with E-state index >= 15 is 0 Å². The predicted octanol–water partition coefficient (Wildman–Crippen LogP) is 9.05. The maximum Gasteiger partial charge on any atom is 0.416 e. The minimum Gasteiger partial charge on any atom is -0.481 e. The number of alkyl halides is 3. The van der Waals surface area contributed by atoms with Gasteiger partial charge in [-0.2, -0.15) is 13.2 Å². The molecule has 0 saturated carbocycles. The molecule has 12 heteroatoms. The summed E-state index contributed by atoms with van der Waals surface area (Å²) in [5, 5.41) is 9.98. The van der Waals surface area contributed by atoms with Gasteiger partial charge < -0.3 is 5.11 Å². The number of Topliss-reactive ketones (excluding diaryl/α,β-unsaturated/α-hetero) is 1. The minimum absolute atomic E-state index is 0.0493. The third-order valence-electron chi connectivity index (χ3n) is 7.45. The molecule has 0 fully saturated rings. The van der Waals surface area contributed by atoms with Crippen LogP contribution < -0.4 is 4.31 Å². The Morgan fingerprint density at radius 3 is 2.07 bits per heavy atom. The average Bonchev–Trinajstić information content (AvgIpc) is 3.00. The number of carbonyl (C=O) groups excluding carboxylic acids is 1. The van der Waals surface area contributed by atoms with Crippen molar-refractivity contribution in [3.05, 3.63) is 129 Å². The lowest BCUT2D eigenvalue weighted by Crippen LogP contribution is -2.30. The third kappa shape index (κ3) is 8.48. The highest BCUT2D eigenvalue weighted by atomic mass is 35.5. The largest absolute Gasteiger partial charge is 0.481 e. The molecule has 1 atom stereocenters. The fourth-order valence-corrected chi connectivity index (χ4v) is 6.66. The van der Waals surface area contributed by atoms with Crippen LogP contribution in [0, 0.1) is 5.92 Å². The van der Waals surface area contributed by atoms with Crippen LogP contribution in [-0.2, 0) is 34.0 Å². The molecule has 0 spiro atoms. The first-order chi connectivity index (χ1) is 21.6. The van der Waals surface area contributed by atoms with Crippen molar-refractivity contribution < 1.29 is 36.3 Å². The molecule has 0 aliphatic carbocycles. The first-order valence-corrected chi connectivity index (χ1v) is 16.3. The zero-order valence-electron chi connectivity index (χ0n) is 24.8. The van der Waals surface area contributed by atoms with Gasteiger partial charge in [0.2, 0.25) is 0 Å². The number of rotatable bonds is 12. The summed E-state index contributed by atoms with van der Waals surface area (Å²) in [4.78, 5) is 25.0. The van der Waals surface area contributed by atoms with Crippen LogP contribution in [0.25, 0.3) is 0 Å². The van der Waals surface area contributed by atoms with Crippen molar-refractivity contribution in [1.29, 1.82) is 0 Å². The Bertz CT molecular complexity index is 1830. The van der Waals surface area contributed by atoms with Crippen LogP contribution in [0.5, 0.6) is 0 Å².